The van der Waals surface area contributed by atoms with E-state index in [4.69, 9.17) is 11.6 Å². The predicted molar refractivity (Wildman–Crippen MR) is 133 cm³/mol. The Morgan fingerprint density at radius 1 is 0.906 bits per heavy atom. The normalized spacial score (nSPS) is 10.8. The molecule has 0 aliphatic rings. The maximum Gasteiger partial charge on any atom is 0.227 e. The third kappa shape index (κ3) is 9.65. The van der Waals surface area contributed by atoms with Crippen LogP contribution in [-0.2, 0) is 9.59 Å². The zero-order valence-corrected chi connectivity index (χ0v) is 20.8. The molecule has 6 nitrogen and oxygen atoms in total. The van der Waals surface area contributed by atoms with E-state index >= 15 is 0 Å². The van der Waals surface area contributed by atoms with E-state index in [0.29, 0.717) is 29.7 Å². The van der Waals surface area contributed by atoms with Crippen LogP contribution in [0, 0.1) is 0 Å². The van der Waals surface area contributed by atoms with Crippen LogP contribution >= 0.6 is 22.9 Å². The van der Waals surface area contributed by atoms with Gasteiger partial charge in [-0.2, -0.15) is 0 Å². The molecule has 0 spiro atoms. The number of benzene rings is 1. The van der Waals surface area contributed by atoms with Gasteiger partial charge < -0.3 is 10.2 Å². The number of rotatable bonds is 15. The summed E-state index contributed by atoms with van der Waals surface area (Å²) in [5, 5.41) is 12.8. The number of unbranched alkanes of at least 4 members (excludes halogenated alkanes) is 6. The zero-order valence-electron chi connectivity index (χ0n) is 19.2. The van der Waals surface area contributed by atoms with Crippen molar-refractivity contribution in [3.8, 4) is 10.6 Å². The average Bonchev–Trinajstić information content (AvgIpc) is 3.24. The van der Waals surface area contributed by atoms with Gasteiger partial charge in [-0.05, 0) is 25.0 Å². The first-order valence-electron chi connectivity index (χ1n) is 11.7. The predicted octanol–water partition coefficient (Wildman–Crippen LogP) is 6.57. The summed E-state index contributed by atoms with van der Waals surface area (Å²) in [6.07, 6.45) is 10.0. The molecule has 0 aliphatic carbocycles. The Kier molecular flexibility index (Phi) is 12.3. The van der Waals surface area contributed by atoms with Crippen LogP contribution in [0.5, 0.6) is 0 Å². The summed E-state index contributed by atoms with van der Waals surface area (Å²) in [6.45, 7) is 5.38. The first-order valence-corrected chi connectivity index (χ1v) is 12.9. The van der Waals surface area contributed by atoms with Crippen molar-refractivity contribution in [2.45, 2.75) is 78.1 Å². The van der Waals surface area contributed by atoms with E-state index < -0.39 is 0 Å². The van der Waals surface area contributed by atoms with Gasteiger partial charge in [0, 0.05) is 36.5 Å². The van der Waals surface area contributed by atoms with E-state index in [-0.39, 0.29) is 18.2 Å². The maximum atomic E-state index is 12.6. The Bertz CT molecular complexity index is 826. The van der Waals surface area contributed by atoms with Crippen molar-refractivity contribution in [1.29, 1.82) is 0 Å². The van der Waals surface area contributed by atoms with Crippen molar-refractivity contribution in [2.24, 2.45) is 0 Å². The molecule has 8 heteroatoms. The van der Waals surface area contributed by atoms with Crippen molar-refractivity contribution in [3.63, 3.8) is 0 Å². The standard InChI is InChI=1S/C24H35ClN4O2S/c1-3-5-6-7-8-9-10-11-22(31)29(17-4-2)18-16-21(30)26-24-28-27-23(32-24)19-12-14-20(25)15-13-19/h12-15H,3-11,16-18H2,1-2H3,(H,26,28,30). The van der Waals surface area contributed by atoms with Gasteiger partial charge >= 0.3 is 0 Å². The van der Waals surface area contributed by atoms with Crippen molar-refractivity contribution < 1.29 is 9.59 Å². The summed E-state index contributed by atoms with van der Waals surface area (Å²) in [5.74, 6) is -0.0113. The minimum absolute atomic E-state index is 0.147. The third-order valence-corrected chi connectivity index (χ3v) is 6.35. The monoisotopic (exact) mass is 478 g/mol. The summed E-state index contributed by atoms with van der Waals surface area (Å²) < 4.78 is 0. The fourth-order valence-corrected chi connectivity index (χ4v) is 4.31. The number of amides is 2. The largest absolute Gasteiger partial charge is 0.342 e. The van der Waals surface area contributed by atoms with Gasteiger partial charge in [-0.1, -0.05) is 87.4 Å². The summed E-state index contributed by atoms with van der Waals surface area (Å²) >= 11 is 7.23. The highest BCUT2D eigenvalue weighted by Crippen LogP contribution is 2.27. The van der Waals surface area contributed by atoms with Crippen LogP contribution < -0.4 is 5.32 Å². The van der Waals surface area contributed by atoms with Crippen LogP contribution in [0.2, 0.25) is 5.02 Å². The van der Waals surface area contributed by atoms with Gasteiger partial charge in [-0.25, -0.2) is 0 Å². The molecular formula is C24H35ClN4O2S. The van der Waals surface area contributed by atoms with Crippen LogP contribution in [0.1, 0.15) is 78.1 Å². The number of carbonyl (C=O) groups is 2. The Labute approximate surface area is 200 Å². The van der Waals surface area contributed by atoms with E-state index in [0.717, 1.165) is 29.8 Å². The fourth-order valence-electron chi connectivity index (χ4n) is 3.42. The van der Waals surface area contributed by atoms with E-state index in [1.807, 2.05) is 24.0 Å². The molecule has 0 saturated carbocycles. The number of halogens is 1. The molecule has 2 amide bonds. The minimum atomic E-state index is -0.159. The number of aromatic nitrogens is 2. The van der Waals surface area contributed by atoms with Gasteiger partial charge in [0.25, 0.3) is 0 Å². The van der Waals surface area contributed by atoms with E-state index in [2.05, 4.69) is 22.4 Å². The number of carbonyl (C=O) groups excluding carboxylic acids is 2. The second-order valence-electron chi connectivity index (χ2n) is 7.97. The van der Waals surface area contributed by atoms with E-state index in [1.54, 1.807) is 12.1 Å². The molecule has 1 heterocycles. The zero-order chi connectivity index (χ0) is 23.2. The smallest absolute Gasteiger partial charge is 0.227 e. The SMILES string of the molecule is CCCCCCCCCC(=O)N(CCC)CCC(=O)Nc1nnc(-c2ccc(Cl)cc2)s1. The Morgan fingerprint density at radius 3 is 2.28 bits per heavy atom. The van der Waals surface area contributed by atoms with Crippen molar-refractivity contribution in [2.75, 3.05) is 18.4 Å². The van der Waals surface area contributed by atoms with Gasteiger partial charge in [0.15, 0.2) is 0 Å². The second-order valence-corrected chi connectivity index (χ2v) is 9.38. The van der Waals surface area contributed by atoms with Crippen LogP contribution in [0.4, 0.5) is 5.13 Å². The molecule has 0 unspecified atom stereocenters. The molecule has 32 heavy (non-hydrogen) atoms. The number of nitrogens with zero attached hydrogens (tertiary/aromatic N) is 3. The number of hydrogen-bond acceptors (Lipinski definition) is 5. The molecule has 0 radical (unpaired) electrons. The van der Waals surface area contributed by atoms with E-state index in [9.17, 15) is 9.59 Å². The highest BCUT2D eigenvalue weighted by molar-refractivity contribution is 7.18. The number of nitrogens with one attached hydrogen (secondary N) is 1. The minimum Gasteiger partial charge on any atom is -0.342 e. The molecule has 1 aromatic heterocycles. The van der Waals surface area contributed by atoms with Crippen molar-refractivity contribution >= 4 is 39.9 Å². The number of hydrogen-bond donors (Lipinski definition) is 1. The Morgan fingerprint density at radius 2 is 1.59 bits per heavy atom. The summed E-state index contributed by atoms with van der Waals surface area (Å²) in [7, 11) is 0. The molecule has 2 aromatic rings. The first-order chi connectivity index (χ1) is 15.5. The van der Waals surface area contributed by atoms with Gasteiger partial charge in [-0.15, -0.1) is 10.2 Å². The second kappa shape index (κ2) is 15.0. The molecule has 0 saturated heterocycles. The highest BCUT2D eigenvalue weighted by Gasteiger charge is 2.15. The van der Waals surface area contributed by atoms with Crippen LogP contribution in [-0.4, -0.2) is 40.0 Å². The number of anilines is 1. The van der Waals surface area contributed by atoms with Gasteiger partial charge in [0.2, 0.25) is 16.9 Å². The van der Waals surface area contributed by atoms with Gasteiger partial charge in [0.05, 0.1) is 0 Å². The topological polar surface area (TPSA) is 75.2 Å². The lowest BCUT2D eigenvalue weighted by molar-refractivity contribution is -0.131. The first kappa shape index (κ1) is 26.3. The lowest BCUT2D eigenvalue weighted by Crippen LogP contribution is -2.34. The maximum absolute atomic E-state index is 12.6. The van der Waals surface area contributed by atoms with Crippen LogP contribution in [0.25, 0.3) is 10.6 Å². The Balaban J connectivity index is 1.74. The summed E-state index contributed by atoms with van der Waals surface area (Å²) in [6, 6.07) is 7.33. The molecule has 0 bridgehead atoms. The molecule has 2 rings (SSSR count). The Hall–Kier alpha value is -1.99. The molecule has 0 atom stereocenters. The third-order valence-electron chi connectivity index (χ3n) is 5.21. The van der Waals surface area contributed by atoms with Crippen LogP contribution in [0.3, 0.4) is 0 Å². The molecule has 1 N–H and O–H groups in total. The fraction of sp³-hybridized carbons (Fsp3) is 0.583. The highest BCUT2D eigenvalue weighted by atomic mass is 35.5. The van der Waals surface area contributed by atoms with E-state index in [1.165, 1.54) is 43.4 Å². The van der Waals surface area contributed by atoms with Crippen LogP contribution in [0.15, 0.2) is 24.3 Å². The molecule has 176 valence electrons. The lowest BCUT2D eigenvalue weighted by Gasteiger charge is -2.22. The van der Waals surface area contributed by atoms with Gasteiger partial charge in [0.1, 0.15) is 5.01 Å². The lowest BCUT2D eigenvalue weighted by atomic mass is 10.1. The van der Waals surface area contributed by atoms with Crippen molar-refractivity contribution in [1.82, 2.24) is 15.1 Å². The van der Waals surface area contributed by atoms with Crippen molar-refractivity contribution in [3.05, 3.63) is 29.3 Å². The molecule has 0 fully saturated rings. The summed E-state index contributed by atoms with van der Waals surface area (Å²) in [4.78, 5) is 26.8. The molecular weight excluding hydrogens is 444 g/mol. The molecule has 0 aliphatic heterocycles. The molecule has 1 aromatic carbocycles. The summed E-state index contributed by atoms with van der Waals surface area (Å²) in [5.41, 5.74) is 0.900. The average molecular weight is 479 g/mol. The van der Waals surface area contributed by atoms with Gasteiger partial charge in [-0.3, -0.25) is 9.59 Å². The quantitative estimate of drug-likeness (QED) is 0.294.